The highest BCUT2D eigenvalue weighted by atomic mass is 19.4. The molecule has 0 aromatic heterocycles. The summed E-state index contributed by atoms with van der Waals surface area (Å²) in [5.74, 6) is -2.54. The number of fused-ring (bicyclic) bond motifs is 2. The number of ether oxygens (including phenoxy) is 1. The van der Waals surface area contributed by atoms with Gasteiger partial charge >= 0.3 is 12.1 Å². The van der Waals surface area contributed by atoms with Crippen LogP contribution in [0.3, 0.4) is 0 Å². The van der Waals surface area contributed by atoms with Crippen LogP contribution in [-0.2, 0) is 15.7 Å². The summed E-state index contributed by atoms with van der Waals surface area (Å²) in [4.78, 5) is 30.2. The summed E-state index contributed by atoms with van der Waals surface area (Å²) in [5.41, 5.74) is 1.98. The Morgan fingerprint density at radius 1 is 1.03 bits per heavy atom. The van der Waals surface area contributed by atoms with Crippen molar-refractivity contribution >= 4 is 23.2 Å². The average molecular weight is 399 g/mol. The molecule has 1 aliphatic heterocycles. The van der Waals surface area contributed by atoms with Gasteiger partial charge in [-0.1, -0.05) is 36.4 Å². The van der Waals surface area contributed by atoms with E-state index in [0.717, 1.165) is 12.1 Å². The van der Waals surface area contributed by atoms with Gasteiger partial charge in [-0.15, -0.1) is 0 Å². The number of ketones is 1. The number of aliphatic imine (C=N–C) groups is 1. The van der Waals surface area contributed by atoms with Crippen LogP contribution < -0.4 is 0 Å². The van der Waals surface area contributed by atoms with E-state index < -0.39 is 29.5 Å². The van der Waals surface area contributed by atoms with E-state index in [-0.39, 0.29) is 5.78 Å². The molecular weight excluding hydrogens is 383 g/mol. The first-order valence-electron chi connectivity index (χ1n) is 8.92. The topological polar surface area (TPSA) is 55.7 Å². The number of Topliss-reactive ketones (excluding diaryl/α,β-unsaturated/α-hetero) is 1. The van der Waals surface area contributed by atoms with Crippen molar-refractivity contribution in [3.8, 4) is 0 Å². The van der Waals surface area contributed by atoms with Gasteiger partial charge in [0.2, 0.25) is 0 Å². The third-order valence-electron chi connectivity index (χ3n) is 5.36. The van der Waals surface area contributed by atoms with E-state index in [1.807, 2.05) is 0 Å². The van der Waals surface area contributed by atoms with Crippen molar-refractivity contribution in [2.75, 3.05) is 7.11 Å². The van der Waals surface area contributed by atoms with Crippen LogP contribution in [0.1, 0.15) is 39.9 Å². The second-order valence-corrected chi connectivity index (χ2v) is 6.99. The van der Waals surface area contributed by atoms with Crippen LogP contribution in [0, 0.1) is 5.92 Å². The van der Waals surface area contributed by atoms with E-state index in [4.69, 9.17) is 4.74 Å². The van der Waals surface area contributed by atoms with Crippen molar-refractivity contribution < 1.29 is 27.5 Å². The number of rotatable bonds is 2. The Balaban J connectivity index is 1.90. The van der Waals surface area contributed by atoms with Gasteiger partial charge in [-0.05, 0) is 24.6 Å². The summed E-state index contributed by atoms with van der Waals surface area (Å²) in [7, 11) is 1.23. The van der Waals surface area contributed by atoms with E-state index in [1.165, 1.54) is 19.2 Å². The van der Waals surface area contributed by atoms with Crippen LogP contribution >= 0.6 is 0 Å². The molecule has 0 saturated heterocycles. The predicted molar refractivity (Wildman–Crippen MR) is 100 cm³/mol. The Bertz CT molecular complexity index is 1080. The zero-order chi connectivity index (χ0) is 20.9. The maximum Gasteiger partial charge on any atom is 0.416 e. The van der Waals surface area contributed by atoms with E-state index in [9.17, 15) is 22.8 Å². The third-order valence-corrected chi connectivity index (χ3v) is 5.36. The molecule has 2 atom stereocenters. The standard InChI is InChI=1S/C22H16F3NO3/c1-11-16(21(28)29-2)17(12-7-9-13(10-8-12)22(23,24)25)18-19(26-11)14-5-3-4-6-15(14)20(18)27/h3-10,16-17H,1-2H3/t16?,17-/m1/s1. The Labute approximate surface area is 164 Å². The van der Waals surface area contributed by atoms with Crippen molar-refractivity contribution in [3.05, 3.63) is 76.4 Å². The molecule has 0 N–H and O–H groups in total. The van der Waals surface area contributed by atoms with Gasteiger partial charge in [-0.3, -0.25) is 14.6 Å². The summed E-state index contributed by atoms with van der Waals surface area (Å²) >= 11 is 0. The van der Waals surface area contributed by atoms with Gasteiger partial charge < -0.3 is 4.74 Å². The number of hydrogen-bond donors (Lipinski definition) is 0. The van der Waals surface area contributed by atoms with Crippen LogP contribution in [-0.4, -0.2) is 24.6 Å². The molecule has 0 bridgehead atoms. The molecule has 1 unspecified atom stereocenters. The monoisotopic (exact) mass is 399 g/mol. The smallest absolute Gasteiger partial charge is 0.416 e. The quantitative estimate of drug-likeness (QED) is 0.690. The summed E-state index contributed by atoms with van der Waals surface area (Å²) in [5, 5.41) is 0. The van der Waals surface area contributed by atoms with E-state index in [0.29, 0.717) is 33.7 Å². The van der Waals surface area contributed by atoms with Gasteiger partial charge in [0.15, 0.2) is 5.78 Å². The summed E-state index contributed by atoms with van der Waals surface area (Å²) in [6, 6.07) is 11.5. The number of carbonyl (C=O) groups is 2. The van der Waals surface area contributed by atoms with Crippen molar-refractivity contribution in [2.24, 2.45) is 10.9 Å². The molecule has 29 heavy (non-hydrogen) atoms. The minimum Gasteiger partial charge on any atom is -0.468 e. The minimum atomic E-state index is -4.48. The molecular formula is C22H16F3NO3. The van der Waals surface area contributed by atoms with Crippen LogP contribution in [0.5, 0.6) is 0 Å². The zero-order valence-corrected chi connectivity index (χ0v) is 15.6. The maximum absolute atomic E-state index is 13.1. The first kappa shape index (κ1) is 19.1. The number of benzene rings is 2. The molecule has 0 fully saturated rings. The Morgan fingerprint density at radius 3 is 2.24 bits per heavy atom. The molecule has 4 rings (SSSR count). The van der Waals surface area contributed by atoms with Gasteiger partial charge in [0.25, 0.3) is 0 Å². The Morgan fingerprint density at radius 2 is 1.66 bits per heavy atom. The summed E-state index contributed by atoms with van der Waals surface area (Å²) in [6.07, 6.45) is -4.48. The van der Waals surface area contributed by atoms with Gasteiger partial charge in [0.1, 0.15) is 5.92 Å². The maximum atomic E-state index is 13.1. The minimum absolute atomic E-state index is 0.273. The molecule has 148 valence electrons. The molecule has 2 aliphatic rings. The molecule has 2 aromatic rings. The van der Waals surface area contributed by atoms with Crippen LogP contribution in [0.25, 0.3) is 5.70 Å². The number of hydrogen-bond acceptors (Lipinski definition) is 4. The molecule has 7 heteroatoms. The molecule has 0 saturated carbocycles. The number of alkyl halides is 3. The van der Waals surface area contributed by atoms with Crippen LogP contribution in [0.15, 0.2) is 59.1 Å². The number of nitrogens with zero attached hydrogens (tertiary/aromatic N) is 1. The fraction of sp³-hybridized carbons (Fsp3) is 0.227. The molecule has 4 nitrogen and oxygen atoms in total. The Kier molecular flexibility index (Phi) is 4.41. The predicted octanol–water partition coefficient (Wildman–Crippen LogP) is 4.66. The number of allylic oxidation sites excluding steroid dienone is 1. The largest absolute Gasteiger partial charge is 0.468 e. The lowest BCUT2D eigenvalue weighted by atomic mass is 9.75. The molecule has 1 heterocycles. The van der Waals surface area contributed by atoms with E-state index in [1.54, 1.807) is 31.2 Å². The second kappa shape index (κ2) is 6.69. The summed E-state index contributed by atoms with van der Waals surface area (Å²) in [6.45, 7) is 1.66. The van der Waals surface area contributed by atoms with Crippen LogP contribution in [0.2, 0.25) is 0 Å². The lowest BCUT2D eigenvalue weighted by Crippen LogP contribution is -2.34. The third kappa shape index (κ3) is 2.97. The highest BCUT2D eigenvalue weighted by Gasteiger charge is 2.46. The molecule has 1 aliphatic carbocycles. The van der Waals surface area contributed by atoms with Crippen molar-refractivity contribution in [2.45, 2.75) is 19.0 Å². The van der Waals surface area contributed by atoms with Crippen molar-refractivity contribution in [3.63, 3.8) is 0 Å². The lowest BCUT2D eigenvalue weighted by molar-refractivity contribution is -0.143. The average Bonchev–Trinajstić information content (AvgIpc) is 2.98. The van der Waals surface area contributed by atoms with E-state index >= 15 is 0 Å². The summed E-state index contributed by atoms with van der Waals surface area (Å²) < 4.78 is 43.9. The molecule has 0 radical (unpaired) electrons. The fourth-order valence-corrected chi connectivity index (χ4v) is 4.02. The molecule has 0 amide bonds. The fourth-order valence-electron chi connectivity index (χ4n) is 4.02. The first-order valence-corrected chi connectivity index (χ1v) is 8.92. The Hall–Kier alpha value is -3.22. The highest BCUT2D eigenvalue weighted by Crippen LogP contribution is 2.48. The van der Waals surface area contributed by atoms with Crippen molar-refractivity contribution in [1.29, 1.82) is 0 Å². The number of methoxy groups -OCH3 is 1. The zero-order valence-electron chi connectivity index (χ0n) is 15.6. The van der Waals surface area contributed by atoms with Gasteiger partial charge in [0, 0.05) is 28.3 Å². The van der Waals surface area contributed by atoms with E-state index in [2.05, 4.69) is 4.99 Å². The highest BCUT2D eigenvalue weighted by molar-refractivity contribution is 6.24. The second-order valence-electron chi connectivity index (χ2n) is 6.99. The number of esters is 1. The number of carbonyl (C=O) groups excluding carboxylic acids is 2. The number of halogens is 3. The van der Waals surface area contributed by atoms with Gasteiger partial charge in [-0.2, -0.15) is 13.2 Å². The van der Waals surface area contributed by atoms with Crippen LogP contribution in [0.4, 0.5) is 13.2 Å². The van der Waals surface area contributed by atoms with Gasteiger partial charge in [-0.25, -0.2) is 0 Å². The normalized spacial score (nSPS) is 20.9. The van der Waals surface area contributed by atoms with Gasteiger partial charge in [0.05, 0.1) is 18.4 Å². The lowest BCUT2D eigenvalue weighted by Gasteiger charge is -2.30. The van der Waals surface area contributed by atoms with Crippen molar-refractivity contribution in [1.82, 2.24) is 0 Å². The molecule has 0 spiro atoms. The SMILES string of the molecule is COC(=O)C1C(C)=NC2=C(C(=O)c3ccccc32)[C@@H]1c1ccc(C(F)(F)F)cc1. The first-order chi connectivity index (χ1) is 13.7. The molecule has 2 aromatic carbocycles.